The molecule has 0 spiro atoms. The molecule has 0 atom stereocenters. The van der Waals surface area contributed by atoms with E-state index < -0.39 is 5.97 Å². The molecule has 0 saturated carbocycles. The first kappa shape index (κ1) is 13.8. The van der Waals surface area contributed by atoms with E-state index in [4.69, 9.17) is 16.7 Å². The van der Waals surface area contributed by atoms with Gasteiger partial charge in [-0.25, -0.2) is 9.78 Å². The van der Waals surface area contributed by atoms with E-state index in [1.165, 1.54) is 11.3 Å². The minimum atomic E-state index is -0.942. The quantitative estimate of drug-likeness (QED) is 0.760. The van der Waals surface area contributed by atoms with Crippen LogP contribution in [-0.2, 0) is 0 Å². The first-order valence-electron chi connectivity index (χ1n) is 6.20. The number of nitrogens with zero attached hydrogens (tertiary/aromatic N) is 1. The van der Waals surface area contributed by atoms with Crippen molar-refractivity contribution in [3.8, 4) is 0 Å². The summed E-state index contributed by atoms with van der Waals surface area (Å²) in [7, 11) is 0. The third-order valence-electron chi connectivity index (χ3n) is 2.95. The maximum absolute atomic E-state index is 10.8. The largest absolute Gasteiger partial charge is 0.478 e. The third-order valence-corrected chi connectivity index (χ3v) is 4.42. The van der Waals surface area contributed by atoms with E-state index >= 15 is 0 Å². The molecular formula is C16H10ClNO2S. The van der Waals surface area contributed by atoms with Gasteiger partial charge in [-0.15, -0.1) is 11.3 Å². The molecule has 104 valence electrons. The first-order valence-corrected chi connectivity index (χ1v) is 7.39. The van der Waals surface area contributed by atoms with Crippen molar-refractivity contribution in [2.75, 3.05) is 0 Å². The van der Waals surface area contributed by atoms with Crippen LogP contribution in [0.5, 0.6) is 0 Å². The molecule has 0 aliphatic rings. The van der Waals surface area contributed by atoms with Crippen molar-refractivity contribution in [2.24, 2.45) is 0 Å². The lowest BCUT2D eigenvalue weighted by Crippen LogP contribution is -1.94. The summed E-state index contributed by atoms with van der Waals surface area (Å²) in [5, 5.41) is 10.2. The summed E-state index contributed by atoms with van der Waals surface area (Å²) >= 11 is 7.83. The van der Waals surface area contributed by atoms with Gasteiger partial charge in [0.05, 0.1) is 20.8 Å². The van der Waals surface area contributed by atoms with Crippen molar-refractivity contribution in [3.63, 3.8) is 0 Å². The number of thiazole rings is 1. The van der Waals surface area contributed by atoms with Crippen LogP contribution in [0, 0.1) is 0 Å². The van der Waals surface area contributed by atoms with Crippen molar-refractivity contribution in [1.29, 1.82) is 0 Å². The topological polar surface area (TPSA) is 50.2 Å². The molecule has 0 bridgehead atoms. The highest BCUT2D eigenvalue weighted by Crippen LogP contribution is 2.30. The summed E-state index contributed by atoms with van der Waals surface area (Å²) in [4.78, 5) is 15.3. The Labute approximate surface area is 130 Å². The van der Waals surface area contributed by atoms with E-state index in [-0.39, 0.29) is 5.56 Å². The van der Waals surface area contributed by atoms with E-state index in [9.17, 15) is 4.79 Å². The predicted octanol–water partition coefficient (Wildman–Crippen LogP) is 4.73. The number of carboxylic acid groups (broad SMARTS) is 1. The van der Waals surface area contributed by atoms with Crippen LogP contribution in [0.3, 0.4) is 0 Å². The number of rotatable bonds is 3. The SMILES string of the molecule is O=C(O)c1ccc(/C=C(\Cl)c2nc3ccccc3s2)cc1. The molecular weight excluding hydrogens is 306 g/mol. The van der Waals surface area contributed by atoms with Crippen molar-refractivity contribution in [3.05, 3.63) is 64.7 Å². The summed E-state index contributed by atoms with van der Waals surface area (Å²) in [5.41, 5.74) is 2.01. The summed E-state index contributed by atoms with van der Waals surface area (Å²) in [6.07, 6.45) is 1.78. The van der Waals surface area contributed by atoms with Crippen LogP contribution in [0.1, 0.15) is 20.9 Å². The number of hydrogen-bond donors (Lipinski definition) is 1. The number of benzene rings is 2. The molecule has 0 saturated heterocycles. The zero-order valence-corrected chi connectivity index (χ0v) is 12.4. The van der Waals surface area contributed by atoms with Gasteiger partial charge in [0, 0.05) is 0 Å². The van der Waals surface area contributed by atoms with Gasteiger partial charge >= 0.3 is 5.97 Å². The summed E-state index contributed by atoms with van der Waals surface area (Å²) in [6, 6.07) is 14.4. The number of fused-ring (bicyclic) bond motifs is 1. The van der Waals surface area contributed by atoms with Crippen LogP contribution >= 0.6 is 22.9 Å². The van der Waals surface area contributed by atoms with Crippen molar-refractivity contribution in [1.82, 2.24) is 4.98 Å². The molecule has 0 unspecified atom stereocenters. The van der Waals surface area contributed by atoms with Crippen molar-refractivity contribution < 1.29 is 9.90 Å². The molecule has 0 aliphatic heterocycles. The Balaban J connectivity index is 1.92. The van der Waals surface area contributed by atoms with Gasteiger partial charge in [0.1, 0.15) is 5.01 Å². The number of carbonyl (C=O) groups is 1. The molecule has 0 fully saturated rings. The van der Waals surface area contributed by atoms with E-state index in [0.29, 0.717) is 5.03 Å². The number of hydrogen-bond acceptors (Lipinski definition) is 3. The number of halogens is 1. The average Bonchev–Trinajstić information content (AvgIpc) is 2.92. The normalized spacial score (nSPS) is 11.8. The Hall–Kier alpha value is -2.17. The molecule has 3 nitrogen and oxygen atoms in total. The van der Waals surface area contributed by atoms with Gasteiger partial charge in [0.15, 0.2) is 0 Å². The maximum atomic E-state index is 10.8. The molecule has 5 heteroatoms. The molecule has 0 amide bonds. The molecule has 3 rings (SSSR count). The first-order chi connectivity index (χ1) is 10.1. The second-order valence-corrected chi connectivity index (χ2v) is 5.84. The Kier molecular flexibility index (Phi) is 3.73. The van der Waals surface area contributed by atoms with E-state index in [0.717, 1.165) is 20.8 Å². The molecule has 1 aromatic heterocycles. The monoisotopic (exact) mass is 315 g/mol. The second-order valence-electron chi connectivity index (χ2n) is 4.41. The van der Waals surface area contributed by atoms with Gasteiger partial charge in [-0.2, -0.15) is 0 Å². The highest BCUT2D eigenvalue weighted by atomic mass is 35.5. The summed E-state index contributed by atoms with van der Waals surface area (Å²) in [6.45, 7) is 0. The smallest absolute Gasteiger partial charge is 0.335 e. The molecule has 0 radical (unpaired) electrons. The highest BCUT2D eigenvalue weighted by Gasteiger charge is 2.07. The molecule has 2 aromatic carbocycles. The van der Waals surface area contributed by atoms with Gasteiger partial charge in [-0.05, 0) is 35.9 Å². The predicted molar refractivity (Wildman–Crippen MR) is 86.7 cm³/mol. The van der Waals surface area contributed by atoms with Crippen LogP contribution in [-0.4, -0.2) is 16.1 Å². The van der Waals surface area contributed by atoms with Crippen molar-refractivity contribution in [2.45, 2.75) is 0 Å². The van der Waals surface area contributed by atoms with Crippen LogP contribution in [0.4, 0.5) is 0 Å². The molecule has 1 N–H and O–H groups in total. The van der Waals surface area contributed by atoms with Gasteiger partial charge in [0.25, 0.3) is 0 Å². The van der Waals surface area contributed by atoms with Gasteiger partial charge in [-0.1, -0.05) is 35.9 Å². The Morgan fingerprint density at radius 3 is 2.52 bits per heavy atom. The lowest BCUT2D eigenvalue weighted by molar-refractivity contribution is 0.0697. The molecule has 0 aliphatic carbocycles. The minimum Gasteiger partial charge on any atom is -0.478 e. The van der Waals surface area contributed by atoms with Crippen LogP contribution in [0.15, 0.2) is 48.5 Å². The van der Waals surface area contributed by atoms with Crippen LogP contribution < -0.4 is 0 Å². The number of para-hydroxylation sites is 1. The van der Waals surface area contributed by atoms with Crippen molar-refractivity contribution >= 4 is 50.2 Å². The Morgan fingerprint density at radius 2 is 1.86 bits per heavy atom. The third kappa shape index (κ3) is 2.96. The van der Waals surface area contributed by atoms with Gasteiger partial charge in [0.2, 0.25) is 0 Å². The summed E-state index contributed by atoms with van der Waals surface area (Å²) < 4.78 is 1.08. The average molecular weight is 316 g/mol. The molecule has 3 aromatic rings. The fraction of sp³-hybridized carbons (Fsp3) is 0. The fourth-order valence-electron chi connectivity index (χ4n) is 1.90. The zero-order chi connectivity index (χ0) is 14.8. The van der Waals surface area contributed by atoms with Crippen LogP contribution in [0.2, 0.25) is 0 Å². The summed E-state index contributed by atoms with van der Waals surface area (Å²) in [5.74, 6) is -0.942. The van der Waals surface area contributed by atoms with Crippen LogP contribution in [0.25, 0.3) is 21.3 Å². The lowest BCUT2D eigenvalue weighted by Gasteiger charge is -1.97. The Bertz CT molecular complexity index is 804. The zero-order valence-electron chi connectivity index (χ0n) is 10.8. The maximum Gasteiger partial charge on any atom is 0.335 e. The number of carboxylic acids is 1. The fourth-order valence-corrected chi connectivity index (χ4v) is 3.06. The molecule has 1 heterocycles. The van der Waals surface area contributed by atoms with E-state index in [1.807, 2.05) is 24.3 Å². The van der Waals surface area contributed by atoms with E-state index in [1.54, 1.807) is 30.3 Å². The molecule has 21 heavy (non-hydrogen) atoms. The minimum absolute atomic E-state index is 0.253. The number of aromatic carboxylic acids is 1. The standard InChI is InChI=1S/C16H10ClNO2S/c17-12(9-10-5-7-11(8-6-10)16(19)20)15-18-13-3-1-2-4-14(13)21-15/h1-9H,(H,19,20)/b12-9-. The van der Waals surface area contributed by atoms with E-state index in [2.05, 4.69) is 4.98 Å². The van der Waals surface area contributed by atoms with Gasteiger partial charge < -0.3 is 5.11 Å². The van der Waals surface area contributed by atoms with Gasteiger partial charge in [-0.3, -0.25) is 0 Å². The second kappa shape index (κ2) is 5.68. The lowest BCUT2D eigenvalue weighted by atomic mass is 10.1. The Morgan fingerprint density at radius 1 is 1.14 bits per heavy atom. The number of aromatic nitrogens is 1. The highest BCUT2D eigenvalue weighted by molar-refractivity contribution is 7.20.